The minimum atomic E-state index is -0.452. The van der Waals surface area contributed by atoms with Gasteiger partial charge in [-0.3, -0.25) is 24.6 Å². The predicted molar refractivity (Wildman–Crippen MR) is 298 cm³/mol. The van der Waals surface area contributed by atoms with Gasteiger partial charge in [0.05, 0.1) is 62.0 Å². The summed E-state index contributed by atoms with van der Waals surface area (Å²) >= 11 is 1.61. The van der Waals surface area contributed by atoms with Gasteiger partial charge in [-0.15, -0.1) is 0 Å². The van der Waals surface area contributed by atoms with Gasteiger partial charge in [0.15, 0.2) is 5.50 Å². The normalized spacial score (nSPS) is 18.5. The number of carbonyl (C=O) groups is 6. The monoisotopic (exact) mass is 1100 g/mol. The highest BCUT2D eigenvalue weighted by atomic mass is 32.2. The first kappa shape index (κ1) is 59.1. The van der Waals surface area contributed by atoms with E-state index in [-0.39, 0.29) is 40.8 Å². The molecule has 17 nitrogen and oxygen atoms in total. The summed E-state index contributed by atoms with van der Waals surface area (Å²) in [5, 5.41) is 4.54. The van der Waals surface area contributed by atoms with E-state index in [2.05, 4.69) is 28.6 Å². The predicted octanol–water partition coefficient (Wildman–Crippen LogP) is 11.1. The SMILES string of the molecule is C=CC(=O)OCCCCCCOc1ccc(OC(=O)C2CCC(C(=O)Oc3ccc(OC(=O)C4CCC(C(=O)Oc5ccc(OCCCCCCOC(=O)C=C)cc5)CC4)c(/C=N/NC4Sc5ccccc5N4C)c3)CC2)cc1. The number of hydrazone groups is 1. The summed E-state index contributed by atoms with van der Waals surface area (Å²) in [5.41, 5.74) is 4.46. The Morgan fingerprint density at radius 3 is 1.39 bits per heavy atom. The molecule has 1 unspecified atom stereocenters. The van der Waals surface area contributed by atoms with E-state index in [1.807, 2.05) is 31.3 Å². The number of thioether (sulfide) groups is 1. The van der Waals surface area contributed by atoms with Gasteiger partial charge in [0, 0.05) is 29.7 Å². The van der Waals surface area contributed by atoms with Gasteiger partial charge in [0.25, 0.3) is 0 Å². The molecule has 1 heterocycles. The molecule has 2 aliphatic carbocycles. The second kappa shape index (κ2) is 31.1. The van der Waals surface area contributed by atoms with Gasteiger partial charge in [-0.05, 0) is 182 Å². The number of anilines is 1. The van der Waals surface area contributed by atoms with Crippen LogP contribution in [0, 0.1) is 23.7 Å². The van der Waals surface area contributed by atoms with Gasteiger partial charge in [0.1, 0.15) is 34.5 Å². The van der Waals surface area contributed by atoms with Crippen LogP contribution in [0.3, 0.4) is 0 Å². The van der Waals surface area contributed by atoms with Crippen molar-refractivity contribution in [3.8, 4) is 34.5 Å². The number of hydrogen-bond acceptors (Lipinski definition) is 18. The topological polar surface area (TPSA) is 204 Å². The Bertz CT molecular complexity index is 2720. The zero-order valence-electron chi connectivity index (χ0n) is 44.9. The molecule has 1 atom stereocenters. The zero-order valence-corrected chi connectivity index (χ0v) is 45.7. The van der Waals surface area contributed by atoms with Crippen LogP contribution in [0.5, 0.6) is 34.5 Å². The number of nitrogens with one attached hydrogen (secondary N) is 1. The number of benzene rings is 4. The molecule has 18 heteroatoms. The lowest BCUT2D eigenvalue weighted by molar-refractivity contribution is -0.145. The number of rotatable bonds is 29. The smallest absolute Gasteiger partial charge is 0.330 e. The lowest BCUT2D eigenvalue weighted by Crippen LogP contribution is -2.35. The third kappa shape index (κ3) is 18.8. The lowest BCUT2D eigenvalue weighted by atomic mass is 9.82. The Hall–Kier alpha value is -7.60. The summed E-state index contributed by atoms with van der Waals surface area (Å²) in [5.74, 6) is -1.39. The van der Waals surface area contributed by atoms with E-state index >= 15 is 0 Å². The molecule has 1 aliphatic heterocycles. The molecule has 7 rings (SSSR count). The molecule has 420 valence electrons. The quantitative estimate of drug-likeness (QED) is 0.0134. The second-order valence-electron chi connectivity index (χ2n) is 19.6. The van der Waals surface area contributed by atoms with Crippen molar-refractivity contribution in [2.75, 3.05) is 38.4 Å². The molecular formula is C61H71N3O14S. The van der Waals surface area contributed by atoms with Crippen LogP contribution in [0.4, 0.5) is 5.69 Å². The number of esters is 6. The molecule has 1 N–H and O–H groups in total. The first-order valence-electron chi connectivity index (χ1n) is 27.3. The molecule has 4 aromatic carbocycles. The van der Waals surface area contributed by atoms with Crippen LogP contribution in [0.1, 0.15) is 108 Å². The van der Waals surface area contributed by atoms with Gasteiger partial charge in [-0.2, -0.15) is 5.10 Å². The molecular weight excluding hydrogens is 1030 g/mol. The number of unbranched alkanes of at least 4 members (excludes halogenated alkanes) is 6. The van der Waals surface area contributed by atoms with Crippen molar-refractivity contribution in [2.45, 2.75) is 113 Å². The fourth-order valence-corrected chi connectivity index (χ4v) is 10.4. The molecule has 79 heavy (non-hydrogen) atoms. The molecule has 0 aromatic heterocycles. The minimum Gasteiger partial charge on any atom is -0.494 e. The average molecular weight is 1100 g/mol. The molecule has 0 bridgehead atoms. The van der Waals surface area contributed by atoms with Crippen LogP contribution in [-0.4, -0.2) is 81.0 Å². The molecule has 2 saturated carbocycles. The Balaban J connectivity index is 0.856. The van der Waals surface area contributed by atoms with Crippen molar-refractivity contribution in [3.05, 3.63) is 122 Å². The van der Waals surface area contributed by atoms with E-state index in [9.17, 15) is 28.8 Å². The van der Waals surface area contributed by atoms with Gasteiger partial charge in [-0.1, -0.05) is 37.1 Å². The third-order valence-corrected chi connectivity index (χ3v) is 15.2. The standard InChI is InChI=1S/C61H71N3O14S/c1-4-55(65)73-38-14-8-6-12-36-71-47-26-30-49(31-27-47)75-57(67)42-18-20-44(21-19-42)59(69)77-51-34-35-53(46(40-51)41-62-63-61-64(3)52-16-10-11-17-54(52)79-61)78-60(70)45-24-22-43(23-25-45)58(68)76-50-32-28-48(29-33-50)72-37-13-7-9-15-39-74-56(66)5-2/h4-5,10-11,16-17,26-35,40-45,61,63H,1-2,6-9,12-15,18-25,36-39H2,3H3/b62-41+. The summed E-state index contributed by atoms with van der Waals surface area (Å²) in [6.07, 6.45) is 14.4. The molecule has 2 fully saturated rings. The average Bonchev–Trinajstić information content (AvgIpc) is 3.82. The van der Waals surface area contributed by atoms with E-state index in [0.717, 1.165) is 74.1 Å². The van der Waals surface area contributed by atoms with Crippen LogP contribution in [0.15, 0.2) is 126 Å². The van der Waals surface area contributed by atoms with Crippen molar-refractivity contribution in [1.29, 1.82) is 0 Å². The van der Waals surface area contributed by atoms with Crippen LogP contribution >= 0.6 is 11.8 Å². The molecule has 0 spiro atoms. The fourth-order valence-electron chi connectivity index (χ4n) is 9.33. The first-order valence-corrected chi connectivity index (χ1v) is 28.2. The highest BCUT2D eigenvalue weighted by Crippen LogP contribution is 2.41. The largest absolute Gasteiger partial charge is 0.494 e. The zero-order chi connectivity index (χ0) is 55.8. The summed E-state index contributed by atoms with van der Waals surface area (Å²) in [7, 11) is 1.97. The van der Waals surface area contributed by atoms with Crippen LogP contribution in [0.25, 0.3) is 0 Å². The summed E-state index contributed by atoms with van der Waals surface area (Å²) in [4.78, 5) is 79.2. The van der Waals surface area contributed by atoms with Crippen LogP contribution < -0.4 is 38.7 Å². The Morgan fingerprint density at radius 1 is 0.532 bits per heavy atom. The van der Waals surface area contributed by atoms with E-state index in [1.165, 1.54) is 6.21 Å². The van der Waals surface area contributed by atoms with E-state index < -0.39 is 35.7 Å². The van der Waals surface area contributed by atoms with Crippen molar-refractivity contribution in [2.24, 2.45) is 28.8 Å². The van der Waals surface area contributed by atoms with Crippen molar-refractivity contribution < 1.29 is 66.7 Å². The number of nitrogens with zero attached hydrogens (tertiary/aromatic N) is 2. The first-order chi connectivity index (χ1) is 38.5. The highest BCUT2D eigenvalue weighted by Gasteiger charge is 2.34. The number of hydrogen-bond donors (Lipinski definition) is 1. The molecule has 0 amide bonds. The van der Waals surface area contributed by atoms with E-state index in [4.69, 9.17) is 37.9 Å². The number of fused-ring (bicyclic) bond motifs is 1. The summed E-state index contributed by atoms with van der Waals surface area (Å²) in [6.45, 7) is 8.58. The summed E-state index contributed by atoms with van der Waals surface area (Å²) < 4.78 is 45.0. The van der Waals surface area contributed by atoms with Crippen LogP contribution in [-0.2, 0) is 38.2 Å². The van der Waals surface area contributed by atoms with Crippen LogP contribution in [0.2, 0.25) is 0 Å². The van der Waals surface area contributed by atoms with Gasteiger partial charge < -0.3 is 42.8 Å². The molecule has 0 saturated heterocycles. The number of carbonyl (C=O) groups excluding carboxylic acids is 6. The third-order valence-electron chi connectivity index (χ3n) is 13.9. The second-order valence-corrected chi connectivity index (χ2v) is 20.8. The maximum absolute atomic E-state index is 13.7. The van der Waals surface area contributed by atoms with E-state index in [1.54, 1.807) is 78.5 Å². The van der Waals surface area contributed by atoms with Crippen molar-refractivity contribution >= 4 is 59.5 Å². The van der Waals surface area contributed by atoms with Gasteiger partial charge in [-0.25, -0.2) is 9.59 Å². The highest BCUT2D eigenvalue weighted by molar-refractivity contribution is 8.00. The molecule has 3 aliphatic rings. The fraction of sp³-hybridized carbons (Fsp3) is 0.426. The van der Waals surface area contributed by atoms with E-state index in [0.29, 0.717) is 106 Å². The molecule has 4 aromatic rings. The number of para-hydroxylation sites is 1. The Morgan fingerprint density at radius 2 is 0.937 bits per heavy atom. The van der Waals surface area contributed by atoms with Crippen molar-refractivity contribution in [3.63, 3.8) is 0 Å². The molecule has 0 radical (unpaired) electrons. The van der Waals surface area contributed by atoms with Gasteiger partial charge >= 0.3 is 35.8 Å². The maximum atomic E-state index is 13.7. The summed E-state index contributed by atoms with van der Waals surface area (Å²) in [6, 6.07) is 26.7. The number of ether oxygens (including phenoxy) is 8. The Kier molecular flexibility index (Phi) is 23.3. The van der Waals surface area contributed by atoms with Gasteiger partial charge in [0.2, 0.25) is 0 Å². The minimum absolute atomic E-state index is 0.202. The maximum Gasteiger partial charge on any atom is 0.330 e. The van der Waals surface area contributed by atoms with Crippen molar-refractivity contribution in [1.82, 2.24) is 5.43 Å². The lowest BCUT2D eigenvalue weighted by Gasteiger charge is -2.26. The Labute approximate surface area is 466 Å².